The van der Waals surface area contributed by atoms with Crippen molar-refractivity contribution in [3.63, 3.8) is 0 Å². The van der Waals surface area contributed by atoms with Crippen molar-refractivity contribution in [2.75, 3.05) is 26.5 Å². The second-order valence-corrected chi connectivity index (χ2v) is 8.13. The molecule has 2 atom stereocenters. The Balaban J connectivity index is 1.87. The van der Waals surface area contributed by atoms with Crippen molar-refractivity contribution in [1.82, 2.24) is 4.90 Å². The number of benzene rings is 1. The lowest BCUT2D eigenvalue weighted by molar-refractivity contribution is 0.162. The maximum atomic E-state index is 11.9. The van der Waals surface area contributed by atoms with Crippen LogP contribution < -0.4 is 4.74 Å². The Bertz CT molecular complexity index is 530. The molecule has 1 aliphatic carbocycles. The SMILES string of the molecule is CN(CCOc1ccccc1)[C@@H]1CCCC[C@H]1S(C)(=O)=O. The Morgan fingerprint density at radius 3 is 2.52 bits per heavy atom. The number of nitrogens with zero attached hydrogens (tertiary/aromatic N) is 1. The van der Waals surface area contributed by atoms with Gasteiger partial charge in [0.2, 0.25) is 0 Å². The summed E-state index contributed by atoms with van der Waals surface area (Å²) in [5.74, 6) is 0.856. The highest BCUT2D eigenvalue weighted by Gasteiger charge is 2.34. The minimum Gasteiger partial charge on any atom is -0.492 e. The van der Waals surface area contributed by atoms with E-state index >= 15 is 0 Å². The fraction of sp³-hybridized carbons (Fsp3) is 0.625. The van der Waals surface area contributed by atoms with Gasteiger partial charge in [0.25, 0.3) is 0 Å². The lowest BCUT2D eigenvalue weighted by Crippen LogP contribution is -2.48. The van der Waals surface area contributed by atoms with Crippen molar-refractivity contribution in [2.24, 2.45) is 0 Å². The average molecular weight is 311 g/mol. The normalized spacial score (nSPS) is 23.2. The van der Waals surface area contributed by atoms with E-state index in [4.69, 9.17) is 4.74 Å². The van der Waals surface area contributed by atoms with Gasteiger partial charge >= 0.3 is 0 Å². The molecule has 0 saturated heterocycles. The Kier molecular flexibility index (Phi) is 5.65. The van der Waals surface area contributed by atoms with Crippen LogP contribution in [0.15, 0.2) is 30.3 Å². The summed E-state index contributed by atoms with van der Waals surface area (Å²) >= 11 is 0. The van der Waals surface area contributed by atoms with E-state index in [-0.39, 0.29) is 11.3 Å². The van der Waals surface area contributed by atoms with Gasteiger partial charge in [0, 0.05) is 18.8 Å². The van der Waals surface area contributed by atoms with E-state index in [0.29, 0.717) is 6.61 Å². The molecule has 4 nitrogen and oxygen atoms in total. The Morgan fingerprint density at radius 2 is 1.86 bits per heavy atom. The number of sulfone groups is 1. The smallest absolute Gasteiger partial charge is 0.151 e. The molecule has 5 heteroatoms. The molecular formula is C16H25NO3S. The maximum absolute atomic E-state index is 11.9. The number of hydrogen-bond acceptors (Lipinski definition) is 4. The first-order valence-corrected chi connectivity index (χ1v) is 9.51. The molecule has 0 unspecified atom stereocenters. The summed E-state index contributed by atoms with van der Waals surface area (Å²) in [5.41, 5.74) is 0. The van der Waals surface area contributed by atoms with Crippen molar-refractivity contribution in [3.8, 4) is 5.75 Å². The maximum Gasteiger partial charge on any atom is 0.151 e. The van der Waals surface area contributed by atoms with Crippen LogP contribution in [0.4, 0.5) is 0 Å². The molecule has 0 spiro atoms. The number of rotatable bonds is 6. The molecule has 0 aliphatic heterocycles. The lowest BCUT2D eigenvalue weighted by atomic mass is 9.94. The zero-order chi connectivity index (χ0) is 15.3. The Morgan fingerprint density at radius 1 is 1.19 bits per heavy atom. The summed E-state index contributed by atoms with van der Waals surface area (Å²) in [6.07, 6.45) is 5.24. The van der Waals surface area contributed by atoms with Crippen LogP contribution >= 0.6 is 0 Å². The number of para-hydroxylation sites is 1. The minimum atomic E-state index is -2.98. The summed E-state index contributed by atoms with van der Waals surface area (Å²) in [6, 6.07) is 9.82. The van der Waals surface area contributed by atoms with Crippen LogP contribution in [0.5, 0.6) is 5.75 Å². The van der Waals surface area contributed by atoms with Gasteiger partial charge < -0.3 is 4.74 Å². The van der Waals surface area contributed by atoms with Crippen LogP contribution in [0.3, 0.4) is 0 Å². The second kappa shape index (κ2) is 7.27. The minimum absolute atomic E-state index is 0.119. The molecule has 2 rings (SSSR count). The van der Waals surface area contributed by atoms with Gasteiger partial charge in [-0.25, -0.2) is 8.42 Å². The molecule has 1 aliphatic rings. The summed E-state index contributed by atoms with van der Waals surface area (Å²) < 4.78 is 29.6. The first-order valence-electron chi connectivity index (χ1n) is 7.55. The van der Waals surface area contributed by atoms with Crippen LogP contribution in [0.1, 0.15) is 25.7 Å². The fourth-order valence-corrected chi connectivity index (χ4v) is 4.58. The third kappa shape index (κ3) is 4.71. The van der Waals surface area contributed by atoms with Gasteiger partial charge in [-0.15, -0.1) is 0 Å². The standard InChI is InChI=1S/C16H25NO3S/c1-17(12-13-20-14-8-4-3-5-9-14)15-10-6-7-11-16(15)21(2,18)19/h3-5,8-9,15-16H,6-7,10-13H2,1-2H3/t15-,16-/m1/s1. The Labute approximate surface area is 128 Å². The molecule has 1 fully saturated rings. The molecular weight excluding hydrogens is 286 g/mol. The van der Waals surface area contributed by atoms with Crippen LogP contribution in [0.25, 0.3) is 0 Å². The van der Waals surface area contributed by atoms with Crippen LogP contribution in [-0.2, 0) is 9.84 Å². The van der Waals surface area contributed by atoms with Crippen molar-refractivity contribution >= 4 is 9.84 Å². The van der Waals surface area contributed by atoms with Gasteiger partial charge in [0.15, 0.2) is 9.84 Å². The van der Waals surface area contributed by atoms with Crippen molar-refractivity contribution in [2.45, 2.75) is 37.0 Å². The summed E-state index contributed by atoms with van der Waals surface area (Å²) in [7, 11) is -0.977. The third-order valence-corrected chi connectivity index (χ3v) is 5.89. The monoisotopic (exact) mass is 311 g/mol. The predicted octanol–water partition coefficient (Wildman–Crippen LogP) is 2.35. The molecule has 0 radical (unpaired) electrons. The second-order valence-electron chi connectivity index (χ2n) is 5.86. The average Bonchev–Trinajstić information content (AvgIpc) is 2.47. The lowest BCUT2D eigenvalue weighted by Gasteiger charge is -2.36. The number of likely N-dealkylation sites (N-methyl/N-ethyl adjacent to an activating group) is 1. The first-order chi connectivity index (χ1) is 9.98. The molecule has 1 aromatic carbocycles. The zero-order valence-electron chi connectivity index (χ0n) is 12.9. The van der Waals surface area contributed by atoms with Gasteiger partial charge in [-0.2, -0.15) is 0 Å². The van der Waals surface area contributed by atoms with Gasteiger partial charge in [-0.3, -0.25) is 4.90 Å². The quantitative estimate of drug-likeness (QED) is 0.809. The van der Waals surface area contributed by atoms with E-state index in [1.54, 1.807) is 0 Å². The van der Waals surface area contributed by atoms with Crippen molar-refractivity contribution in [1.29, 1.82) is 0 Å². The van der Waals surface area contributed by atoms with Crippen LogP contribution in [-0.4, -0.2) is 51.1 Å². The zero-order valence-corrected chi connectivity index (χ0v) is 13.7. The molecule has 0 aromatic heterocycles. The van der Waals surface area contributed by atoms with Gasteiger partial charge in [-0.1, -0.05) is 31.0 Å². The van der Waals surface area contributed by atoms with E-state index in [9.17, 15) is 8.42 Å². The van der Waals surface area contributed by atoms with Gasteiger partial charge in [-0.05, 0) is 32.0 Å². The fourth-order valence-electron chi connectivity index (χ4n) is 3.07. The third-order valence-electron chi connectivity index (χ3n) is 4.24. The van der Waals surface area contributed by atoms with E-state index in [0.717, 1.165) is 38.0 Å². The van der Waals surface area contributed by atoms with E-state index in [1.165, 1.54) is 6.26 Å². The van der Waals surface area contributed by atoms with Crippen LogP contribution in [0.2, 0.25) is 0 Å². The van der Waals surface area contributed by atoms with Crippen LogP contribution in [0, 0.1) is 0 Å². The van der Waals surface area contributed by atoms with E-state index in [2.05, 4.69) is 4.90 Å². The topological polar surface area (TPSA) is 46.6 Å². The Hall–Kier alpha value is -1.07. The highest BCUT2D eigenvalue weighted by Crippen LogP contribution is 2.27. The van der Waals surface area contributed by atoms with E-state index in [1.807, 2.05) is 37.4 Å². The molecule has 1 saturated carbocycles. The molecule has 0 bridgehead atoms. The molecule has 118 valence electrons. The summed E-state index contributed by atoms with van der Waals surface area (Å²) in [5, 5.41) is -0.229. The first kappa shape index (κ1) is 16.3. The summed E-state index contributed by atoms with van der Waals surface area (Å²) in [4.78, 5) is 2.15. The van der Waals surface area contributed by atoms with Gasteiger partial charge in [0.1, 0.15) is 12.4 Å². The highest BCUT2D eigenvalue weighted by atomic mass is 32.2. The van der Waals surface area contributed by atoms with Crippen molar-refractivity contribution in [3.05, 3.63) is 30.3 Å². The summed E-state index contributed by atoms with van der Waals surface area (Å²) in [6.45, 7) is 1.32. The molecule has 0 N–H and O–H groups in total. The molecule has 1 aromatic rings. The van der Waals surface area contributed by atoms with E-state index < -0.39 is 9.84 Å². The number of hydrogen-bond donors (Lipinski definition) is 0. The molecule has 0 heterocycles. The molecule has 0 amide bonds. The predicted molar refractivity (Wildman–Crippen MR) is 85.5 cm³/mol. The van der Waals surface area contributed by atoms with Crippen molar-refractivity contribution < 1.29 is 13.2 Å². The highest BCUT2D eigenvalue weighted by molar-refractivity contribution is 7.91. The number of ether oxygens (including phenoxy) is 1. The molecule has 21 heavy (non-hydrogen) atoms. The largest absolute Gasteiger partial charge is 0.492 e. The van der Waals surface area contributed by atoms with Gasteiger partial charge in [0.05, 0.1) is 5.25 Å².